The minimum absolute atomic E-state index is 0. The largest absolute Gasteiger partial charge is 0.0814 e. The van der Waals surface area contributed by atoms with E-state index in [-0.39, 0.29) is 87.5 Å². The molecule has 0 aromatic rings. The molecule has 0 aliphatic rings. The zero-order valence-electron chi connectivity index (χ0n) is 1.43. The van der Waals surface area contributed by atoms with Gasteiger partial charge in [-0.15, -0.1) is 0 Å². The molecule has 0 aromatic heterocycles. The van der Waals surface area contributed by atoms with Gasteiger partial charge in [-0.3, -0.25) is 0 Å². The van der Waals surface area contributed by atoms with Crippen molar-refractivity contribution in [2.45, 2.75) is 0 Å². The Labute approximate surface area is 85.8 Å². The first-order valence-electron chi connectivity index (χ1n) is 0. The van der Waals surface area contributed by atoms with Crippen molar-refractivity contribution < 1.29 is 79.0 Å². The Morgan fingerprint density at radius 3 is 1.00 bits per heavy atom. The van der Waals surface area contributed by atoms with E-state index >= 15 is 0 Å². The van der Waals surface area contributed by atoms with Crippen LogP contribution in [0.25, 0.3) is 0 Å². The second-order valence-electron chi connectivity index (χ2n) is 0. The van der Waals surface area contributed by atoms with Crippen LogP contribution in [0.1, 0.15) is 0 Å². The summed E-state index contributed by atoms with van der Waals surface area (Å²) in [6, 6.07) is 0. The van der Waals surface area contributed by atoms with Crippen molar-refractivity contribution in [3.8, 4) is 0 Å². The third-order valence-electron chi connectivity index (χ3n) is 0. The number of rotatable bonds is 0. The second kappa shape index (κ2) is 17.3. The molecule has 0 saturated heterocycles. The third-order valence-corrected chi connectivity index (χ3v) is 0. The molecule has 0 unspecified atom stereocenters. The van der Waals surface area contributed by atoms with Gasteiger partial charge in [-0.2, -0.15) is 0 Å². The molecular weight excluding hydrogens is 515 g/mol. The SMILES string of the molecule is B.[La].[Ta].[W]. The van der Waals surface area contributed by atoms with E-state index in [0.717, 1.165) is 0 Å². The molecule has 4 heavy (non-hydrogen) atoms. The van der Waals surface area contributed by atoms with Crippen LogP contribution in [-0.4, -0.2) is 8.41 Å². The van der Waals surface area contributed by atoms with Crippen molar-refractivity contribution in [1.29, 1.82) is 0 Å². The molecule has 0 aromatic carbocycles. The maximum absolute atomic E-state index is 0. The van der Waals surface area contributed by atoms with Crippen LogP contribution in [0.4, 0.5) is 0 Å². The van der Waals surface area contributed by atoms with Crippen LogP contribution in [0, 0.1) is 35.6 Å². The van der Waals surface area contributed by atoms with Gasteiger partial charge in [0, 0.05) is 79.0 Å². The van der Waals surface area contributed by atoms with Crippen LogP contribution in [0.15, 0.2) is 0 Å². The quantitative estimate of drug-likeness (QED) is 0.355. The summed E-state index contributed by atoms with van der Waals surface area (Å²) in [6.45, 7) is 0. The zero-order valence-corrected chi connectivity index (χ0v) is 11.2. The first kappa shape index (κ1) is 29.9. The standard InChI is InChI=1S/BH3.La.Ta.W/h1H3;;;. The summed E-state index contributed by atoms with van der Waals surface area (Å²) >= 11 is 0. The van der Waals surface area contributed by atoms with Crippen LogP contribution >= 0.6 is 0 Å². The molecule has 20 valence electrons. The molecule has 0 fully saturated rings. The summed E-state index contributed by atoms with van der Waals surface area (Å²) in [5, 5.41) is 0. The van der Waals surface area contributed by atoms with Gasteiger partial charge in [0.1, 0.15) is 0 Å². The Balaban J connectivity index is 0. The maximum Gasteiger partial charge on any atom is 0.0814 e. The normalized spacial score (nSPS) is 0. The molecule has 0 spiro atoms. The Hall–Kier alpha value is 2.69. The number of hydrogen-bond acceptors (Lipinski definition) is 0. The molecule has 0 heterocycles. The van der Waals surface area contributed by atoms with Gasteiger partial charge in [0.2, 0.25) is 0 Å². The molecule has 0 atom stereocenters. The van der Waals surface area contributed by atoms with Gasteiger partial charge >= 0.3 is 0 Å². The summed E-state index contributed by atoms with van der Waals surface area (Å²) in [4.78, 5) is 0. The predicted octanol–water partition coefficient (Wildman–Crippen LogP) is -1.19. The van der Waals surface area contributed by atoms with Crippen molar-refractivity contribution in [1.82, 2.24) is 0 Å². The first-order chi connectivity index (χ1) is 0. The third kappa shape index (κ3) is 8.82. The molecule has 0 N–H and O–H groups in total. The molecule has 0 bridgehead atoms. The van der Waals surface area contributed by atoms with E-state index in [1.165, 1.54) is 0 Å². The summed E-state index contributed by atoms with van der Waals surface area (Å²) in [5.41, 5.74) is 0. The Morgan fingerprint density at radius 2 is 1.00 bits per heavy atom. The molecule has 0 aliphatic carbocycles. The molecular formula is H3BLaTaW. The second-order valence-corrected chi connectivity index (χ2v) is 0. The van der Waals surface area contributed by atoms with Crippen molar-refractivity contribution in [2.75, 3.05) is 0 Å². The molecule has 0 nitrogen and oxygen atoms in total. The van der Waals surface area contributed by atoms with E-state index in [1.54, 1.807) is 0 Å². The van der Waals surface area contributed by atoms with Gasteiger partial charge in [-0.05, 0) is 0 Å². The van der Waals surface area contributed by atoms with Crippen LogP contribution in [-0.2, 0) is 43.4 Å². The van der Waals surface area contributed by atoms with Crippen LogP contribution < -0.4 is 0 Å². The average molecular weight is 518 g/mol. The Kier molecular flexibility index (Phi) is 130. The predicted molar refractivity (Wildman–Crippen MR) is 9.94 cm³/mol. The average Bonchev–Trinajstić information content (AvgIpc) is 0. The fourth-order valence-electron chi connectivity index (χ4n) is 0. The molecule has 0 amide bonds. The van der Waals surface area contributed by atoms with Gasteiger partial charge in [0.25, 0.3) is 0 Å². The molecule has 0 aliphatic heterocycles. The van der Waals surface area contributed by atoms with E-state index in [4.69, 9.17) is 0 Å². The Morgan fingerprint density at radius 1 is 1.00 bits per heavy atom. The molecule has 2 radical (unpaired) electrons. The van der Waals surface area contributed by atoms with Crippen molar-refractivity contribution in [3.05, 3.63) is 0 Å². The fourth-order valence-corrected chi connectivity index (χ4v) is 0. The molecule has 0 saturated carbocycles. The smallest absolute Gasteiger partial charge is 0 e. The van der Waals surface area contributed by atoms with E-state index < -0.39 is 0 Å². The van der Waals surface area contributed by atoms with Crippen LogP contribution in [0.5, 0.6) is 0 Å². The van der Waals surface area contributed by atoms with Gasteiger partial charge in [-0.1, -0.05) is 0 Å². The summed E-state index contributed by atoms with van der Waals surface area (Å²) in [7, 11) is 0. The van der Waals surface area contributed by atoms with Crippen molar-refractivity contribution >= 4 is 8.41 Å². The van der Waals surface area contributed by atoms with Crippen LogP contribution in [0.3, 0.4) is 0 Å². The van der Waals surface area contributed by atoms with Gasteiger partial charge in [0.15, 0.2) is 0 Å². The van der Waals surface area contributed by atoms with E-state index in [9.17, 15) is 0 Å². The minimum atomic E-state index is 0. The first-order valence-corrected chi connectivity index (χ1v) is 0. The Bertz CT molecular complexity index is 8.00. The fraction of sp³-hybridized carbons (Fsp3) is 0. The summed E-state index contributed by atoms with van der Waals surface area (Å²) in [5.74, 6) is 0. The van der Waals surface area contributed by atoms with Crippen molar-refractivity contribution in [3.63, 3.8) is 0 Å². The summed E-state index contributed by atoms with van der Waals surface area (Å²) < 4.78 is 0. The van der Waals surface area contributed by atoms with Crippen LogP contribution in [0.2, 0.25) is 0 Å². The van der Waals surface area contributed by atoms with Gasteiger partial charge in [0.05, 0.1) is 8.41 Å². The van der Waals surface area contributed by atoms with E-state index in [2.05, 4.69) is 0 Å². The van der Waals surface area contributed by atoms with Gasteiger partial charge in [-0.25, -0.2) is 0 Å². The maximum atomic E-state index is 0. The summed E-state index contributed by atoms with van der Waals surface area (Å²) in [6.07, 6.45) is 0. The van der Waals surface area contributed by atoms with Crippen molar-refractivity contribution in [2.24, 2.45) is 0 Å². The monoisotopic (exact) mass is 518 g/mol. The molecule has 0 rings (SSSR count). The molecule has 4 heteroatoms. The van der Waals surface area contributed by atoms with E-state index in [1.807, 2.05) is 0 Å². The van der Waals surface area contributed by atoms with Gasteiger partial charge < -0.3 is 0 Å². The van der Waals surface area contributed by atoms with E-state index in [0.29, 0.717) is 0 Å². The zero-order chi connectivity index (χ0) is 0. The number of hydrogen-bond donors (Lipinski definition) is 0. The minimum Gasteiger partial charge on any atom is 0 e. The topological polar surface area (TPSA) is 0 Å².